The van der Waals surface area contributed by atoms with E-state index in [4.69, 9.17) is 0 Å². The number of nitrogens with one attached hydrogen (secondary N) is 1. The highest BCUT2D eigenvalue weighted by Crippen LogP contribution is 2.20. The van der Waals surface area contributed by atoms with E-state index in [1.54, 1.807) is 0 Å². The number of aryl methyl sites for hydroxylation is 2. The molecule has 0 bridgehead atoms. The predicted octanol–water partition coefficient (Wildman–Crippen LogP) is 1.94. The summed E-state index contributed by atoms with van der Waals surface area (Å²) in [4.78, 5) is 0. The monoisotopic (exact) mass is 271 g/mol. The van der Waals surface area contributed by atoms with Crippen molar-refractivity contribution in [1.82, 2.24) is 15.1 Å². The first kappa shape index (κ1) is 15.4. The molecule has 0 fully saturated rings. The fourth-order valence-electron chi connectivity index (χ4n) is 2.28. The van der Waals surface area contributed by atoms with Crippen molar-refractivity contribution < 1.29 is 4.21 Å². The highest BCUT2D eigenvalue weighted by molar-refractivity contribution is 7.84. The molecule has 0 aromatic carbocycles. The molecule has 0 spiro atoms. The molecule has 0 amide bonds. The van der Waals surface area contributed by atoms with E-state index in [-0.39, 0.29) is 6.04 Å². The van der Waals surface area contributed by atoms with E-state index in [1.807, 2.05) is 11.6 Å². The van der Waals surface area contributed by atoms with Gasteiger partial charge in [0.25, 0.3) is 0 Å². The molecule has 1 aromatic rings. The number of hydrogen-bond acceptors (Lipinski definition) is 3. The van der Waals surface area contributed by atoms with Crippen molar-refractivity contribution in [1.29, 1.82) is 0 Å². The molecule has 5 heteroatoms. The van der Waals surface area contributed by atoms with Crippen LogP contribution in [-0.2, 0) is 17.3 Å². The van der Waals surface area contributed by atoms with Gasteiger partial charge in [-0.3, -0.25) is 8.89 Å². The van der Waals surface area contributed by atoms with E-state index in [0.717, 1.165) is 30.3 Å². The first-order chi connectivity index (χ1) is 8.51. The van der Waals surface area contributed by atoms with E-state index in [1.165, 1.54) is 11.3 Å². The molecule has 0 aliphatic rings. The first-order valence-electron chi connectivity index (χ1n) is 6.63. The fourth-order valence-corrected chi connectivity index (χ4v) is 2.92. The average molecular weight is 271 g/mol. The maximum atomic E-state index is 11.4. The second-order valence-corrected chi connectivity index (χ2v) is 6.37. The summed E-state index contributed by atoms with van der Waals surface area (Å²) in [7, 11) is -0.690. The topological polar surface area (TPSA) is 46.9 Å². The lowest BCUT2D eigenvalue weighted by atomic mass is 10.1. The van der Waals surface area contributed by atoms with Crippen LogP contribution in [0.5, 0.6) is 0 Å². The van der Waals surface area contributed by atoms with Crippen molar-refractivity contribution in [2.45, 2.75) is 47.2 Å². The van der Waals surface area contributed by atoms with E-state index >= 15 is 0 Å². The summed E-state index contributed by atoms with van der Waals surface area (Å²) in [6.45, 7) is 12.1. The average Bonchev–Trinajstić information content (AvgIpc) is 2.63. The highest BCUT2D eigenvalue weighted by atomic mass is 32.2. The summed E-state index contributed by atoms with van der Waals surface area (Å²) >= 11 is 0. The van der Waals surface area contributed by atoms with Crippen LogP contribution >= 0.6 is 0 Å². The SMILES string of the molecule is CCn1nc(C)c(C(C)NCCS(=O)CC)c1C. The minimum atomic E-state index is -0.690. The summed E-state index contributed by atoms with van der Waals surface area (Å²) in [6, 6.07) is 0.263. The van der Waals surface area contributed by atoms with Gasteiger partial charge < -0.3 is 5.32 Å². The van der Waals surface area contributed by atoms with Gasteiger partial charge in [-0.2, -0.15) is 5.10 Å². The predicted molar refractivity (Wildman–Crippen MR) is 77.3 cm³/mol. The Morgan fingerprint density at radius 2 is 2.06 bits per heavy atom. The number of aromatic nitrogens is 2. The van der Waals surface area contributed by atoms with Gasteiger partial charge in [-0.25, -0.2) is 0 Å². The Morgan fingerprint density at radius 1 is 1.39 bits per heavy atom. The van der Waals surface area contributed by atoms with Gasteiger partial charge in [0, 0.05) is 52.7 Å². The van der Waals surface area contributed by atoms with Crippen molar-refractivity contribution in [3.63, 3.8) is 0 Å². The molecule has 0 radical (unpaired) electrons. The first-order valence-corrected chi connectivity index (χ1v) is 8.12. The van der Waals surface area contributed by atoms with Crippen LogP contribution in [0.25, 0.3) is 0 Å². The van der Waals surface area contributed by atoms with E-state index < -0.39 is 10.8 Å². The van der Waals surface area contributed by atoms with Crippen LogP contribution in [0.3, 0.4) is 0 Å². The summed E-state index contributed by atoms with van der Waals surface area (Å²) in [5, 5.41) is 7.96. The molecule has 0 saturated carbocycles. The quantitative estimate of drug-likeness (QED) is 0.824. The number of hydrogen-bond donors (Lipinski definition) is 1. The van der Waals surface area contributed by atoms with Crippen LogP contribution in [0.2, 0.25) is 0 Å². The smallest absolute Gasteiger partial charge is 0.0644 e. The number of rotatable bonds is 7. The summed E-state index contributed by atoms with van der Waals surface area (Å²) in [5.41, 5.74) is 3.59. The molecule has 1 heterocycles. The largest absolute Gasteiger partial charge is 0.309 e. The third-order valence-electron chi connectivity index (χ3n) is 3.27. The normalized spacial score (nSPS) is 14.7. The zero-order valence-electron chi connectivity index (χ0n) is 12.1. The van der Waals surface area contributed by atoms with Crippen molar-refractivity contribution in [3.05, 3.63) is 17.0 Å². The van der Waals surface area contributed by atoms with Crippen molar-refractivity contribution in [2.75, 3.05) is 18.1 Å². The van der Waals surface area contributed by atoms with Crippen molar-refractivity contribution >= 4 is 10.8 Å². The van der Waals surface area contributed by atoms with Crippen LogP contribution in [0, 0.1) is 13.8 Å². The Hall–Kier alpha value is -0.680. The molecule has 0 aliphatic heterocycles. The Morgan fingerprint density at radius 3 is 2.56 bits per heavy atom. The maximum absolute atomic E-state index is 11.4. The van der Waals surface area contributed by atoms with E-state index in [0.29, 0.717) is 0 Å². The molecule has 1 rings (SSSR count). The molecule has 1 N–H and O–H groups in total. The highest BCUT2D eigenvalue weighted by Gasteiger charge is 2.16. The Labute approximate surface area is 113 Å². The van der Waals surface area contributed by atoms with E-state index in [9.17, 15) is 4.21 Å². The van der Waals surface area contributed by atoms with Gasteiger partial charge in [-0.05, 0) is 27.7 Å². The molecule has 4 nitrogen and oxygen atoms in total. The summed E-state index contributed by atoms with van der Waals surface area (Å²) in [5.74, 6) is 1.46. The molecule has 2 atom stereocenters. The molecule has 1 aromatic heterocycles. The van der Waals surface area contributed by atoms with Gasteiger partial charge in [-0.15, -0.1) is 0 Å². The zero-order valence-corrected chi connectivity index (χ0v) is 12.9. The molecule has 2 unspecified atom stereocenters. The van der Waals surface area contributed by atoms with Gasteiger partial charge in [0.1, 0.15) is 0 Å². The maximum Gasteiger partial charge on any atom is 0.0644 e. The Bertz CT molecular complexity index is 415. The van der Waals surface area contributed by atoms with E-state index in [2.05, 4.69) is 38.1 Å². The molecular formula is C13H25N3OS. The molecule has 0 saturated heterocycles. The summed E-state index contributed by atoms with van der Waals surface area (Å²) in [6.07, 6.45) is 0. The van der Waals surface area contributed by atoms with Gasteiger partial charge in [-0.1, -0.05) is 6.92 Å². The van der Waals surface area contributed by atoms with Gasteiger partial charge in [0.15, 0.2) is 0 Å². The standard InChI is InChI=1S/C13H25N3OS/c1-6-16-12(5)13(11(4)15-16)10(3)14-8-9-18(17)7-2/h10,14H,6-9H2,1-5H3. The minimum absolute atomic E-state index is 0.263. The van der Waals surface area contributed by atoms with Gasteiger partial charge in [0.2, 0.25) is 0 Å². The fraction of sp³-hybridized carbons (Fsp3) is 0.769. The lowest BCUT2D eigenvalue weighted by Gasteiger charge is -2.14. The van der Waals surface area contributed by atoms with Gasteiger partial charge in [0.05, 0.1) is 5.69 Å². The van der Waals surface area contributed by atoms with Crippen LogP contribution in [0.1, 0.15) is 43.8 Å². The molecule has 104 valence electrons. The second-order valence-electron chi connectivity index (χ2n) is 4.51. The second kappa shape index (κ2) is 7.04. The van der Waals surface area contributed by atoms with Crippen molar-refractivity contribution in [2.24, 2.45) is 0 Å². The van der Waals surface area contributed by atoms with Crippen LogP contribution in [0.4, 0.5) is 0 Å². The summed E-state index contributed by atoms with van der Waals surface area (Å²) < 4.78 is 13.4. The molecule has 18 heavy (non-hydrogen) atoms. The lowest BCUT2D eigenvalue weighted by molar-refractivity contribution is 0.586. The number of nitrogens with zero attached hydrogens (tertiary/aromatic N) is 2. The zero-order chi connectivity index (χ0) is 13.7. The third-order valence-corrected chi connectivity index (χ3v) is 4.58. The van der Waals surface area contributed by atoms with Gasteiger partial charge >= 0.3 is 0 Å². The third kappa shape index (κ3) is 3.65. The Kier molecular flexibility index (Phi) is 6.02. The Balaban J connectivity index is 2.64. The molecule has 0 aliphatic carbocycles. The van der Waals surface area contributed by atoms with Crippen molar-refractivity contribution in [3.8, 4) is 0 Å². The lowest BCUT2D eigenvalue weighted by Crippen LogP contribution is -2.25. The minimum Gasteiger partial charge on any atom is -0.309 e. The van der Waals surface area contributed by atoms with Crippen LogP contribution in [-0.4, -0.2) is 32.0 Å². The van der Waals surface area contributed by atoms with Crippen LogP contribution in [0.15, 0.2) is 0 Å². The molecular weight excluding hydrogens is 246 g/mol. The van der Waals surface area contributed by atoms with Crippen LogP contribution < -0.4 is 5.32 Å².